The Hall–Kier alpha value is -1.51. The molecular formula is C9H12N2O. The van der Waals surface area contributed by atoms with Crippen LogP contribution in [0.3, 0.4) is 0 Å². The lowest BCUT2D eigenvalue weighted by atomic mass is 10.3. The highest BCUT2D eigenvalue weighted by molar-refractivity contribution is 5.54. The first-order valence-corrected chi connectivity index (χ1v) is 3.67. The summed E-state index contributed by atoms with van der Waals surface area (Å²) in [5, 5.41) is 6.76. The molecule has 0 aromatic heterocycles. The SMILES string of the molecule is CN(C)c1cccc(OC=N)c1. The van der Waals surface area contributed by atoms with E-state index in [2.05, 4.69) is 0 Å². The Bertz CT molecular complexity index is 271. The van der Waals surface area contributed by atoms with Gasteiger partial charge in [0.1, 0.15) is 5.75 Å². The number of anilines is 1. The van der Waals surface area contributed by atoms with Crippen molar-refractivity contribution in [1.29, 1.82) is 5.41 Å². The smallest absolute Gasteiger partial charge is 0.173 e. The molecule has 0 heterocycles. The molecule has 0 amide bonds. The standard InChI is InChI=1S/C9H12N2O/c1-11(2)8-4-3-5-9(6-8)12-7-10/h3-7,10H,1-2H3. The van der Waals surface area contributed by atoms with E-state index in [9.17, 15) is 0 Å². The van der Waals surface area contributed by atoms with Gasteiger partial charge in [0.25, 0.3) is 0 Å². The fourth-order valence-electron chi connectivity index (χ4n) is 0.903. The van der Waals surface area contributed by atoms with E-state index < -0.39 is 0 Å². The van der Waals surface area contributed by atoms with Gasteiger partial charge in [0.15, 0.2) is 6.40 Å². The highest BCUT2D eigenvalue weighted by atomic mass is 16.5. The number of nitrogens with zero attached hydrogens (tertiary/aromatic N) is 1. The van der Waals surface area contributed by atoms with Crippen LogP contribution in [-0.2, 0) is 0 Å². The number of benzene rings is 1. The monoisotopic (exact) mass is 164 g/mol. The summed E-state index contributed by atoms with van der Waals surface area (Å²) in [6.45, 7) is 0. The summed E-state index contributed by atoms with van der Waals surface area (Å²) < 4.78 is 4.91. The molecule has 0 fully saturated rings. The highest BCUT2D eigenvalue weighted by Gasteiger charge is 1.96. The predicted molar refractivity (Wildman–Crippen MR) is 50.2 cm³/mol. The molecule has 0 aliphatic heterocycles. The van der Waals surface area contributed by atoms with Crippen molar-refractivity contribution in [2.75, 3.05) is 19.0 Å². The molecule has 0 radical (unpaired) electrons. The molecule has 0 unspecified atom stereocenters. The zero-order valence-corrected chi connectivity index (χ0v) is 7.24. The zero-order valence-electron chi connectivity index (χ0n) is 7.24. The minimum Gasteiger partial charge on any atom is -0.446 e. The molecule has 0 spiro atoms. The molecular weight excluding hydrogens is 152 g/mol. The van der Waals surface area contributed by atoms with Gasteiger partial charge in [0.2, 0.25) is 0 Å². The lowest BCUT2D eigenvalue weighted by Gasteiger charge is -2.12. The van der Waals surface area contributed by atoms with Crippen LogP contribution in [0.15, 0.2) is 24.3 Å². The Balaban J connectivity index is 2.87. The molecule has 1 aromatic rings. The summed E-state index contributed by atoms with van der Waals surface area (Å²) in [6.07, 6.45) is 0.925. The number of hydrogen-bond donors (Lipinski definition) is 1. The summed E-state index contributed by atoms with van der Waals surface area (Å²) in [7, 11) is 3.92. The van der Waals surface area contributed by atoms with E-state index in [1.807, 2.05) is 43.3 Å². The first-order chi connectivity index (χ1) is 5.74. The third-order valence-electron chi connectivity index (χ3n) is 1.53. The molecule has 1 aromatic carbocycles. The van der Waals surface area contributed by atoms with Gasteiger partial charge in [0, 0.05) is 25.8 Å². The lowest BCUT2D eigenvalue weighted by Crippen LogP contribution is -2.08. The normalized spacial score (nSPS) is 9.17. The number of rotatable bonds is 3. The first kappa shape index (κ1) is 8.59. The third kappa shape index (κ3) is 1.99. The second-order valence-corrected chi connectivity index (χ2v) is 2.63. The minimum absolute atomic E-state index is 0.691. The van der Waals surface area contributed by atoms with E-state index in [-0.39, 0.29) is 0 Å². The molecule has 64 valence electrons. The fourth-order valence-corrected chi connectivity index (χ4v) is 0.903. The summed E-state index contributed by atoms with van der Waals surface area (Å²) in [6, 6.07) is 7.58. The van der Waals surface area contributed by atoms with Gasteiger partial charge in [-0.05, 0) is 12.1 Å². The molecule has 3 heteroatoms. The van der Waals surface area contributed by atoms with Gasteiger partial charge < -0.3 is 9.64 Å². The van der Waals surface area contributed by atoms with E-state index in [1.165, 1.54) is 0 Å². The van der Waals surface area contributed by atoms with Crippen molar-refractivity contribution in [2.45, 2.75) is 0 Å². The zero-order chi connectivity index (χ0) is 8.97. The van der Waals surface area contributed by atoms with Gasteiger partial charge in [-0.2, -0.15) is 0 Å². The maximum absolute atomic E-state index is 6.76. The number of nitrogens with one attached hydrogen (secondary N) is 1. The van der Waals surface area contributed by atoms with Crippen molar-refractivity contribution in [3.8, 4) is 5.75 Å². The number of hydrogen-bond acceptors (Lipinski definition) is 3. The summed E-state index contributed by atoms with van der Waals surface area (Å²) in [5.41, 5.74) is 1.06. The van der Waals surface area contributed by atoms with Crippen LogP contribution < -0.4 is 9.64 Å². The highest BCUT2D eigenvalue weighted by Crippen LogP contribution is 2.18. The van der Waals surface area contributed by atoms with Gasteiger partial charge in [0.05, 0.1) is 0 Å². The topological polar surface area (TPSA) is 36.3 Å². The van der Waals surface area contributed by atoms with Crippen molar-refractivity contribution in [2.24, 2.45) is 0 Å². The second kappa shape index (κ2) is 3.76. The predicted octanol–water partition coefficient (Wildman–Crippen LogP) is 1.74. The van der Waals surface area contributed by atoms with Gasteiger partial charge in [-0.15, -0.1) is 0 Å². The average molecular weight is 164 g/mol. The summed E-state index contributed by atoms with van der Waals surface area (Å²) in [5.74, 6) is 0.691. The molecule has 3 nitrogen and oxygen atoms in total. The van der Waals surface area contributed by atoms with Crippen LogP contribution >= 0.6 is 0 Å². The molecule has 0 saturated heterocycles. The molecule has 0 aliphatic rings. The van der Waals surface area contributed by atoms with Gasteiger partial charge >= 0.3 is 0 Å². The molecule has 0 saturated carbocycles. The second-order valence-electron chi connectivity index (χ2n) is 2.63. The molecule has 0 atom stereocenters. The molecule has 1 rings (SSSR count). The fraction of sp³-hybridized carbons (Fsp3) is 0.222. The van der Waals surface area contributed by atoms with Crippen LogP contribution in [0.1, 0.15) is 0 Å². The van der Waals surface area contributed by atoms with Crippen molar-refractivity contribution >= 4 is 12.1 Å². The molecule has 12 heavy (non-hydrogen) atoms. The maximum atomic E-state index is 6.76. The molecule has 1 N–H and O–H groups in total. The Morgan fingerprint density at radius 1 is 1.42 bits per heavy atom. The average Bonchev–Trinajstić information content (AvgIpc) is 2.05. The Kier molecular flexibility index (Phi) is 2.69. The van der Waals surface area contributed by atoms with Crippen molar-refractivity contribution in [3.05, 3.63) is 24.3 Å². The van der Waals surface area contributed by atoms with Gasteiger partial charge in [-0.1, -0.05) is 6.07 Å². The van der Waals surface area contributed by atoms with Crippen LogP contribution in [0, 0.1) is 5.41 Å². The first-order valence-electron chi connectivity index (χ1n) is 3.67. The Morgan fingerprint density at radius 3 is 2.75 bits per heavy atom. The maximum Gasteiger partial charge on any atom is 0.173 e. The van der Waals surface area contributed by atoms with Crippen LogP contribution in [0.2, 0.25) is 0 Å². The van der Waals surface area contributed by atoms with Crippen molar-refractivity contribution in [3.63, 3.8) is 0 Å². The number of ether oxygens (including phenoxy) is 1. The van der Waals surface area contributed by atoms with E-state index in [0.29, 0.717) is 5.75 Å². The summed E-state index contributed by atoms with van der Waals surface area (Å²) in [4.78, 5) is 1.98. The Labute approximate surface area is 72.1 Å². The van der Waals surface area contributed by atoms with Crippen molar-refractivity contribution in [1.82, 2.24) is 0 Å². The third-order valence-corrected chi connectivity index (χ3v) is 1.53. The summed E-state index contributed by atoms with van der Waals surface area (Å²) >= 11 is 0. The molecule has 0 bridgehead atoms. The van der Waals surface area contributed by atoms with Crippen LogP contribution in [0.5, 0.6) is 5.75 Å². The minimum atomic E-state index is 0.691. The van der Waals surface area contributed by atoms with E-state index in [0.717, 1.165) is 12.1 Å². The quantitative estimate of drug-likeness (QED) is 0.545. The van der Waals surface area contributed by atoms with Crippen LogP contribution in [-0.4, -0.2) is 20.5 Å². The van der Waals surface area contributed by atoms with Crippen LogP contribution in [0.25, 0.3) is 0 Å². The van der Waals surface area contributed by atoms with E-state index in [1.54, 1.807) is 0 Å². The molecule has 0 aliphatic carbocycles. The van der Waals surface area contributed by atoms with Crippen molar-refractivity contribution < 1.29 is 4.74 Å². The van der Waals surface area contributed by atoms with E-state index >= 15 is 0 Å². The Morgan fingerprint density at radius 2 is 2.17 bits per heavy atom. The van der Waals surface area contributed by atoms with Gasteiger partial charge in [-0.3, -0.25) is 5.41 Å². The largest absolute Gasteiger partial charge is 0.446 e. The van der Waals surface area contributed by atoms with Crippen LogP contribution in [0.4, 0.5) is 5.69 Å². The lowest BCUT2D eigenvalue weighted by molar-refractivity contribution is 0.570. The van der Waals surface area contributed by atoms with Gasteiger partial charge in [-0.25, -0.2) is 0 Å². The van der Waals surface area contributed by atoms with E-state index in [4.69, 9.17) is 10.1 Å².